The first-order chi connectivity index (χ1) is 12.2. The molecule has 26 heavy (non-hydrogen) atoms. The Kier molecular flexibility index (Phi) is 6.10. The van der Waals surface area contributed by atoms with Crippen molar-refractivity contribution in [1.29, 1.82) is 0 Å². The van der Waals surface area contributed by atoms with Crippen molar-refractivity contribution < 1.29 is 19.4 Å². The number of rotatable bonds is 5. The van der Waals surface area contributed by atoms with Crippen LogP contribution in [0, 0.1) is 5.41 Å². The monoisotopic (exact) mass is 378 g/mol. The molecule has 1 aromatic carbocycles. The molecule has 1 atom stereocenters. The van der Waals surface area contributed by atoms with Crippen LogP contribution in [-0.2, 0) is 4.79 Å². The molecule has 1 aromatic heterocycles. The van der Waals surface area contributed by atoms with E-state index in [2.05, 4.69) is 10.3 Å². The van der Waals surface area contributed by atoms with Gasteiger partial charge < -0.3 is 19.9 Å². The van der Waals surface area contributed by atoms with E-state index in [1.165, 1.54) is 14.2 Å². The van der Waals surface area contributed by atoms with Crippen LogP contribution in [0.15, 0.2) is 30.5 Å². The van der Waals surface area contributed by atoms with E-state index in [9.17, 15) is 9.90 Å². The van der Waals surface area contributed by atoms with Gasteiger partial charge in [0.05, 0.1) is 19.9 Å². The van der Waals surface area contributed by atoms with Gasteiger partial charge in [-0.1, -0.05) is 32.4 Å². The van der Waals surface area contributed by atoms with E-state index in [0.717, 1.165) is 0 Å². The lowest BCUT2D eigenvalue weighted by atomic mass is 9.94. The summed E-state index contributed by atoms with van der Waals surface area (Å²) in [6, 6.07) is 6.55. The van der Waals surface area contributed by atoms with E-state index in [0.29, 0.717) is 27.6 Å². The summed E-state index contributed by atoms with van der Waals surface area (Å²) >= 11 is 6.18. The number of aliphatic hydroxyl groups excluding tert-OH is 1. The average molecular weight is 379 g/mol. The number of methoxy groups -OCH3 is 2. The third-order valence-corrected chi connectivity index (χ3v) is 4.04. The molecule has 2 rings (SSSR count). The molecule has 0 fully saturated rings. The fourth-order valence-electron chi connectivity index (χ4n) is 2.36. The van der Waals surface area contributed by atoms with Gasteiger partial charge in [-0.3, -0.25) is 4.79 Å². The van der Waals surface area contributed by atoms with Crippen molar-refractivity contribution >= 4 is 23.2 Å². The Morgan fingerprint density at radius 2 is 1.92 bits per heavy atom. The predicted molar refractivity (Wildman–Crippen MR) is 101 cm³/mol. The van der Waals surface area contributed by atoms with E-state index in [-0.39, 0.29) is 11.8 Å². The first-order valence-electron chi connectivity index (χ1n) is 8.05. The fraction of sp³-hybridized carbons (Fsp3) is 0.368. The van der Waals surface area contributed by atoms with Crippen molar-refractivity contribution in [2.45, 2.75) is 26.9 Å². The van der Waals surface area contributed by atoms with Gasteiger partial charge in [0, 0.05) is 33.8 Å². The van der Waals surface area contributed by atoms with Crippen LogP contribution in [0.5, 0.6) is 11.6 Å². The Labute approximate surface area is 158 Å². The minimum atomic E-state index is -1.12. The maximum Gasteiger partial charge on any atom is 0.229 e. The second kappa shape index (κ2) is 7.93. The molecule has 0 saturated carbocycles. The molecule has 1 amide bonds. The second-order valence-electron chi connectivity index (χ2n) is 6.78. The van der Waals surface area contributed by atoms with Crippen molar-refractivity contribution in [2.24, 2.45) is 5.41 Å². The smallest absolute Gasteiger partial charge is 0.229 e. The summed E-state index contributed by atoms with van der Waals surface area (Å²) in [5.41, 5.74) is 0.567. The van der Waals surface area contributed by atoms with E-state index in [1.54, 1.807) is 51.2 Å². The van der Waals surface area contributed by atoms with Crippen LogP contribution in [0.2, 0.25) is 5.02 Å². The molecule has 0 radical (unpaired) electrons. The molecular formula is C19H23ClN2O4. The third kappa shape index (κ3) is 4.26. The average Bonchev–Trinajstić information content (AvgIpc) is 2.61. The van der Waals surface area contributed by atoms with Crippen molar-refractivity contribution in [2.75, 3.05) is 19.5 Å². The van der Waals surface area contributed by atoms with Gasteiger partial charge in [-0.2, -0.15) is 0 Å². The van der Waals surface area contributed by atoms with Crippen molar-refractivity contribution in [3.05, 3.63) is 46.6 Å². The molecule has 0 aliphatic rings. The predicted octanol–water partition coefficient (Wildman–Crippen LogP) is 3.82. The number of carbonyl (C=O) groups is 1. The Morgan fingerprint density at radius 3 is 2.50 bits per heavy atom. The van der Waals surface area contributed by atoms with Crippen molar-refractivity contribution in [1.82, 2.24) is 4.98 Å². The van der Waals surface area contributed by atoms with Crippen LogP contribution >= 0.6 is 11.6 Å². The number of halogens is 1. The number of nitrogens with zero attached hydrogens (tertiary/aromatic N) is 1. The summed E-state index contributed by atoms with van der Waals surface area (Å²) < 4.78 is 10.6. The standard InChI is InChI=1S/C19H23ClN2O4/c1-19(2,3)18(24)22-15-13(9-11(20)10-14(15)25-4)16(23)12-7-6-8-21-17(12)26-5/h6-10,16,23H,1-5H3,(H,22,24). The Hall–Kier alpha value is -2.31. The summed E-state index contributed by atoms with van der Waals surface area (Å²) in [5, 5.41) is 14.2. The van der Waals surface area contributed by atoms with E-state index < -0.39 is 11.5 Å². The van der Waals surface area contributed by atoms with Crippen LogP contribution in [0.4, 0.5) is 5.69 Å². The Balaban J connectivity index is 2.59. The number of ether oxygens (including phenoxy) is 2. The summed E-state index contributed by atoms with van der Waals surface area (Å²) in [7, 11) is 2.94. The summed E-state index contributed by atoms with van der Waals surface area (Å²) in [6.45, 7) is 5.39. The number of amides is 1. The molecule has 0 saturated heterocycles. The van der Waals surface area contributed by atoms with Crippen LogP contribution in [-0.4, -0.2) is 30.2 Å². The summed E-state index contributed by atoms with van der Waals surface area (Å²) in [5.74, 6) is 0.420. The number of benzene rings is 1. The highest BCUT2D eigenvalue weighted by Crippen LogP contribution is 2.40. The molecule has 1 heterocycles. The van der Waals surface area contributed by atoms with Crippen LogP contribution in [0.1, 0.15) is 38.0 Å². The van der Waals surface area contributed by atoms with E-state index in [1.807, 2.05) is 0 Å². The maximum absolute atomic E-state index is 12.5. The number of aromatic nitrogens is 1. The van der Waals surface area contributed by atoms with Crippen molar-refractivity contribution in [3.8, 4) is 11.6 Å². The van der Waals surface area contributed by atoms with Gasteiger partial charge in [0.1, 0.15) is 11.9 Å². The minimum absolute atomic E-state index is 0.218. The topological polar surface area (TPSA) is 80.7 Å². The molecule has 0 aliphatic carbocycles. The zero-order valence-corrected chi connectivity index (χ0v) is 16.2. The molecule has 7 heteroatoms. The number of hydrogen-bond donors (Lipinski definition) is 2. The zero-order chi connectivity index (χ0) is 19.5. The Bertz CT molecular complexity index is 803. The van der Waals surface area contributed by atoms with Gasteiger partial charge in [-0.25, -0.2) is 4.98 Å². The zero-order valence-electron chi connectivity index (χ0n) is 15.5. The SMILES string of the molecule is COc1cc(Cl)cc(C(O)c2cccnc2OC)c1NC(=O)C(C)(C)C. The lowest BCUT2D eigenvalue weighted by molar-refractivity contribution is -0.123. The van der Waals surface area contributed by atoms with Crippen molar-refractivity contribution in [3.63, 3.8) is 0 Å². The first-order valence-corrected chi connectivity index (χ1v) is 8.42. The van der Waals surface area contributed by atoms with Gasteiger partial charge in [0.15, 0.2) is 0 Å². The Morgan fingerprint density at radius 1 is 1.23 bits per heavy atom. The van der Waals surface area contributed by atoms with E-state index >= 15 is 0 Å². The molecule has 140 valence electrons. The number of nitrogens with one attached hydrogen (secondary N) is 1. The van der Waals surface area contributed by atoms with Gasteiger partial charge in [-0.05, 0) is 18.2 Å². The highest BCUT2D eigenvalue weighted by atomic mass is 35.5. The molecule has 6 nitrogen and oxygen atoms in total. The molecular weight excluding hydrogens is 356 g/mol. The summed E-state index contributed by atoms with van der Waals surface area (Å²) in [4.78, 5) is 16.6. The van der Waals surface area contributed by atoms with Gasteiger partial charge in [-0.15, -0.1) is 0 Å². The first kappa shape index (κ1) is 20.0. The molecule has 2 aromatic rings. The third-order valence-electron chi connectivity index (χ3n) is 3.82. The van der Waals surface area contributed by atoms with Gasteiger partial charge in [0.2, 0.25) is 11.8 Å². The number of carbonyl (C=O) groups excluding carboxylic acids is 1. The lowest BCUT2D eigenvalue weighted by Crippen LogP contribution is -2.28. The number of aliphatic hydroxyl groups is 1. The van der Waals surface area contributed by atoms with Crippen LogP contribution in [0.3, 0.4) is 0 Å². The number of anilines is 1. The minimum Gasteiger partial charge on any atom is -0.495 e. The molecule has 1 unspecified atom stereocenters. The molecule has 0 spiro atoms. The van der Waals surface area contributed by atoms with Crippen LogP contribution < -0.4 is 14.8 Å². The fourth-order valence-corrected chi connectivity index (χ4v) is 2.58. The molecule has 0 bridgehead atoms. The molecule has 2 N–H and O–H groups in total. The maximum atomic E-state index is 12.5. The normalized spacial score (nSPS) is 12.4. The van der Waals surface area contributed by atoms with Crippen LogP contribution in [0.25, 0.3) is 0 Å². The number of hydrogen-bond acceptors (Lipinski definition) is 5. The summed E-state index contributed by atoms with van der Waals surface area (Å²) in [6.07, 6.45) is 0.442. The lowest BCUT2D eigenvalue weighted by Gasteiger charge is -2.23. The quantitative estimate of drug-likeness (QED) is 0.826. The largest absolute Gasteiger partial charge is 0.495 e. The highest BCUT2D eigenvalue weighted by Gasteiger charge is 2.27. The van der Waals surface area contributed by atoms with Gasteiger partial charge >= 0.3 is 0 Å². The number of pyridine rings is 1. The molecule has 0 aliphatic heterocycles. The highest BCUT2D eigenvalue weighted by molar-refractivity contribution is 6.31. The van der Waals surface area contributed by atoms with Gasteiger partial charge in [0.25, 0.3) is 0 Å². The second-order valence-corrected chi connectivity index (χ2v) is 7.22. The van der Waals surface area contributed by atoms with E-state index in [4.69, 9.17) is 21.1 Å².